The summed E-state index contributed by atoms with van der Waals surface area (Å²) in [6.45, 7) is 0. The Morgan fingerprint density at radius 2 is 1.95 bits per heavy atom. The van der Waals surface area contributed by atoms with Gasteiger partial charge < -0.3 is 10.5 Å². The summed E-state index contributed by atoms with van der Waals surface area (Å²) < 4.78 is 19.4. The molecule has 0 radical (unpaired) electrons. The van der Waals surface area contributed by atoms with E-state index in [0.717, 1.165) is 36.9 Å². The monoisotopic (exact) mass is 273 g/mol. The second-order valence-corrected chi connectivity index (χ2v) is 4.96. The number of nitrogen functional groups attached to an aromatic ring is 1. The highest BCUT2D eigenvalue weighted by molar-refractivity contribution is 5.44. The maximum atomic E-state index is 13.8. The second-order valence-electron chi connectivity index (χ2n) is 4.96. The predicted octanol–water partition coefficient (Wildman–Crippen LogP) is 3.26. The molecule has 1 aliphatic carbocycles. The van der Waals surface area contributed by atoms with Crippen molar-refractivity contribution in [1.82, 2.24) is 9.97 Å². The molecule has 0 saturated carbocycles. The zero-order chi connectivity index (χ0) is 13.9. The molecule has 0 amide bonds. The summed E-state index contributed by atoms with van der Waals surface area (Å²) in [5.41, 5.74) is 7.92. The van der Waals surface area contributed by atoms with Crippen molar-refractivity contribution in [3.63, 3.8) is 0 Å². The molecule has 0 bridgehead atoms. The number of benzene rings is 1. The van der Waals surface area contributed by atoms with Crippen LogP contribution in [0.1, 0.15) is 30.5 Å². The van der Waals surface area contributed by atoms with E-state index in [9.17, 15) is 4.39 Å². The van der Waals surface area contributed by atoms with Crippen LogP contribution in [-0.2, 0) is 12.8 Å². The van der Waals surface area contributed by atoms with E-state index in [0.29, 0.717) is 11.6 Å². The molecule has 0 aliphatic heterocycles. The first-order chi connectivity index (χ1) is 9.74. The molecule has 2 N–H and O–H groups in total. The number of nitrogens with zero attached hydrogens (tertiary/aromatic N) is 2. The van der Waals surface area contributed by atoms with E-state index in [4.69, 9.17) is 10.5 Å². The van der Waals surface area contributed by atoms with Crippen LogP contribution in [-0.4, -0.2) is 9.97 Å². The Morgan fingerprint density at radius 1 is 1.10 bits per heavy atom. The van der Waals surface area contributed by atoms with E-state index >= 15 is 0 Å². The number of halogens is 1. The predicted molar refractivity (Wildman–Crippen MR) is 74.2 cm³/mol. The van der Waals surface area contributed by atoms with Crippen molar-refractivity contribution in [3.8, 4) is 11.6 Å². The van der Waals surface area contributed by atoms with Crippen molar-refractivity contribution in [2.24, 2.45) is 0 Å². The van der Waals surface area contributed by atoms with Crippen LogP contribution in [0, 0.1) is 5.82 Å². The third-order valence-corrected chi connectivity index (χ3v) is 3.50. The molecule has 20 heavy (non-hydrogen) atoms. The third kappa shape index (κ3) is 2.57. The normalized spacial score (nSPS) is 14.4. The van der Waals surface area contributed by atoms with E-state index < -0.39 is 5.82 Å². The maximum Gasteiger partial charge on any atom is 0.225 e. The first-order valence-electron chi connectivity index (χ1n) is 6.79. The van der Waals surface area contributed by atoms with Gasteiger partial charge >= 0.3 is 0 Å². The number of ether oxygens (including phenoxy) is 1. The fourth-order valence-corrected chi connectivity index (χ4v) is 2.46. The summed E-state index contributed by atoms with van der Waals surface area (Å²) in [4.78, 5) is 8.47. The number of anilines is 1. The summed E-state index contributed by atoms with van der Waals surface area (Å²) in [5.74, 6) is 0.121. The van der Waals surface area contributed by atoms with Gasteiger partial charge in [0.15, 0.2) is 11.6 Å². The molecule has 5 heteroatoms. The van der Waals surface area contributed by atoms with Crippen LogP contribution in [0.3, 0.4) is 0 Å². The number of fused-ring (bicyclic) bond motifs is 1. The lowest BCUT2D eigenvalue weighted by Gasteiger charge is -2.12. The fourth-order valence-electron chi connectivity index (χ4n) is 2.46. The van der Waals surface area contributed by atoms with Crippen LogP contribution < -0.4 is 10.5 Å². The number of hydrogen-bond acceptors (Lipinski definition) is 4. The first kappa shape index (κ1) is 12.8. The summed E-state index contributed by atoms with van der Waals surface area (Å²) >= 11 is 0. The van der Waals surface area contributed by atoms with E-state index in [1.807, 2.05) is 0 Å². The Labute approximate surface area is 116 Å². The molecule has 0 fully saturated rings. The lowest BCUT2D eigenvalue weighted by Crippen LogP contribution is -2.02. The lowest BCUT2D eigenvalue weighted by molar-refractivity contribution is 0.420. The minimum absolute atomic E-state index is 0.143. The van der Waals surface area contributed by atoms with Crippen LogP contribution in [0.4, 0.5) is 10.1 Å². The Kier molecular flexibility index (Phi) is 3.50. The average molecular weight is 273 g/mol. The molecule has 4 nitrogen and oxygen atoms in total. The highest BCUT2D eigenvalue weighted by Crippen LogP contribution is 2.30. The molecule has 104 valence electrons. The van der Waals surface area contributed by atoms with Crippen molar-refractivity contribution in [2.75, 3.05) is 5.73 Å². The summed E-state index contributed by atoms with van der Waals surface area (Å²) in [5, 5.41) is 0. The van der Waals surface area contributed by atoms with Gasteiger partial charge in [0.1, 0.15) is 6.33 Å². The van der Waals surface area contributed by atoms with Crippen molar-refractivity contribution < 1.29 is 9.13 Å². The molecule has 0 unspecified atom stereocenters. The lowest BCUT2D eigenvalue weighted by atomic mass is 10.1. The van der Waals surface area contributed by atoms with Gasteiger partial charge in [0.05, 0.1) is 5.69 Å². The average Bonchev–Trinajstić information content (AvgIpc) is 2.68. The maximum absolute atomic E-state index is 13.8. The zero-order valence-electron chi connectivity index (χ0n) is 11.1. The van der Waals surface area contributed by atoms with E-state index in [1.165, 1.54) is 24.9 Å². The molecule has 3 rings (SSSR count). The van der Waals surface area contributed by atoms with Gasteiger partial charge in [0.25, 0.3) is 0 Å². The van der Waals surface area contributed by atoms with E-state index in [2.05, 4.69) is 9.97 Å². The van der Waals surface area contributed by atoms with Crippen molar-refractivity contribution in [3.05, 3.63) is 41.6 Å². The number of rotatable bonds is 2. The zero-order valence-corrected chi connectivity index (χ0v) is 11.1. The third-order valence-electron chi connectivity index (χ3n) is 3.50. The van der Waals surface area contributed by atoms with Gasteiger partial charge in [-0.05, 0) is 37.8 Å². The molecular weight excluding hydrogens is 257 g/mol. The topological polar surface area (TPSA) is 61.0 Å². The second kappa shape index (κ2) is 5.45. The molecule has 1 heterocycles. The Hall–Kier alpha value is -2.17. The molecule has 1 aromatic heterocycles. The largest absolute Gasteiger partial charge is 0.436 e. The summed E-state index contributed by atoms with van der Waals surface area (Å²) in [6.07, 6.45) is 6.67. The molecule has 1 aliphatic rings. The number of aromatic nitrogens is 2. The Morgan fingerprint density at radius 3 is 2.80 bits per heavy atom. The molecule has 0 atom stereocenters. The first-order valence-corrected chi connectivity index (χ1v) is 6.79. The smallest absolute Gasteiger partial charge is 0.225 e. The number of hydrogen-bond donors (Lipinski definition) is 1. The summed E-state index contributed by atoms with van der Waals surface area (Å²) in [7, 11) is 0. The van der Waals surface area contributed by atoms with Crippen molar-refractivity contribution >= 4 is 5.69 Å². The van der Waals surface area contributed by atoms with Gasteiger partial charge in [0.2, 0.25) is 5.88 Å². The SMILES string of the molecule is Nc1ccc(Oc2ncnc3c2CCCCC3)c(F)c1. The molecule has 2 aromatic rings. The molecule has 0 spiro atoms. The van der Waals surface area contributed by atoms with Crippen molar-refractivity contribution in [2.45, 2.75) is 32.1 Å². The number of nitrogens with two attached hydrogens (primary N) is 1. The van der Waals surface area contributed by atoms with Gasteiger partial charge in [-0.1, -0.05) is 6.42 Å². The van der Waals surface area contributed by atoms with Crippen LogP contribution in [0.15, 0.2) is 24.5 Å². The van der Waals surface area contributed by atoms with Crippen molar-refractivity contribution in [1.29, 1.82) is 0 Å². The highest BCUT2D eigenvalue weighted by atomic mass is 19.1. The Balaban J connectivity index is 1.94. The van der Waals surface area contributed by atoms with E-state index in [1.54, 1.807) is 6.07 Å². The minimum Gasteiger partial charge on any atom is -0.436 e. The Bertz CT molecular complexity index is 631. The summed E-state index contributed by atoms with van der Waals surface area (Å²) in [6, 6.07) is 4.38. The van der Waals surface area contributed by atoms with Gasteiger partial charge in [-0.25, -0.2) is 14.4 Å². The van der Waals surface area contributed by atoms with Gasteiger partial charge in [-0.2, -0.15) is 0 Å². The quantitative estimate of drug-likeness (QED) is 0.674. The molecular formula is C15H16FN3O. The van der Waals surface area contributed by atoms with Crippen LogP contribution in [0.5, 0.6) is 11.6 Å². The van der Waals surface area contributed by atoms with Crippen LogP contribution in [0.2, 0.25) is 0 Å². The fraction of sp³-hybridized carbons (Fsp3) is 0.333. The van der Waals surface area contributed by atoms with Crippen LogP contribution >= 0.6 is 0 Å². The van der Waals surface area contributed by atoms with E-state index in [-0.39, 0.29) is 5.75 Å². The van der Waals surface area contributed by atoms with Gasteiger partial charge in [0, 0.05) is 17.3 Å². The van der Waals surface area contributed by atoms with Gasteiger partial charge in [-0.3, -0.25) is 0 Å². The molecule has 0 saturated heterocycles. The number of aryl methyl sites for hydroxylation is 1. The minimum atomic E-state index is -0.481. The molecule has 1 aromatic carbocycles. The highest BCUT2D eigenvalue weighted by Gasteiger charge is 2.17. The van der Waals surface area contributed by atoms with Gasteiger partial charge in [-0.15, -0.1) is 0 Å². The van der Waals surface area contributed by atoms with Crippen LogP contribution in [0.25, 0.3) is 0 Å². The standard InChI is InChI=1S/C15H16FN3O/c16-12-8-10(17)6-7-14(12)20-15-11-4-2-1-3-5-13(11)18-9-19-15/h6-9H,1-5,17H2.